The minimum absolute atomic E-state index is 0.0281. The van der Waals surface area contributed by atoms with Crippen molar-refractivity contribution in [2.45, 2.75) is 25.9 Å². The Morgan fingerprint density at radius 1 is 1.69 bits per heavy atom. The van der Waals surface area contributed by atoms with E-state index in [0.717, 1.165) is 0 Å². The molecule has 4 nitrogen and oxygen atoms in total. The lowest BCUT2D eigenvalue weighted by Gasteiger charge is -2.18. The van der Waals surface area contributed by atoms with E-state index in [1.807, 2.05) is 6.92 Å². The van der Waals surface area contributed by atoms with E-state index >= 15 is 0 Å². The molecule has 0 aromatic carbocycles. The highest BCUT2D eigenvalue weighted by Crippen LogP contribution is 2.19. The molecule has 0 spiro atoms. The van der Waals surface area contributed by atoms with Crippen molar-refractivity contribution in [3.63, 3.8) is 0 Å². The van der Waals surface area contributed by atoms with Gasteiger partial charge in [-0.25, -0.2) is 0 Å². The Bertz CT molecular complexity index is 191. The van der Waals surface area contributed by atoms with E-state index in [0.29, 0.717) is 26.1 Å². The summed E-state index contributed by atoms with van der Waals surface area (Å²) in [6, 6.07) is 0. The fourth-order valence-corrected chi connectivity index (χ4v) is 1.44. The zero-order valence-electron chi connectivity index (χ0n) is 8.25. The first-order valence-electron chi connectivity index (χ1n) is 4.63. The van der Waals surface area contributed by atoms with Gasteiger partial charge in [0, 0.05) is 19.7 Å². The molecule has 0 bridgehead atoms. The van der Waals surface area contributed by atoms with E-state index in [4.69, 9.17) is 4.74 Å². The molecule has 1 atom stereocenters. The molecule has 4 heteroatoms. The first-order chi connectivity index (χ1) is 6.05. The van der Waals surface area contributed by atoms with Crippen LogP contribution in [0.4, 0.5) is 0 Å². The monoisotopic (exact) mass is 187 g/mol. The van der Waals surface area contributed by atoms with Crippen LogP contribution in [0.5, 0.6) is 0 Å². The highest BCUT2D eigenvalue weighted by Gasteiger charge is 2.33. The number of β-amino-alcohol motifs (C(OH)–C–C–N with tert-alkyl or cyclic N) is 1. The maximum atomic E-state index is 11.4. The van der Waals surface area contributed by atoms with E-state index in [1.54, 1.807) is 11.8 Å². The van der Waals surface area contributed by atoms with Gasteiger partial charge in [0.05, 0.1) is 5.60 Å². The van der Waals surface area contributed by atoms with Crippen molar-refractivity contribution in [1.29, 1.82) is 0 Å². The number of ether oxygens (including phenoxy) is 1. The maximum Gasteiger partial charge on any atom is 0.248 e. The minimum atomic E-state index is -0.706. The zero-order chi connectivity index (χ0) is 9.90. The average molecular weight is 187 g/mol. The topological polar surface area (TPSA) is 49.8 Å². The molecule has 1 amide bonds. The van der Waals surface area contributed by atoms with Crippen LogP contribution >= 0.6 is 0 Å². The van der Waals surface area contributed by atoms with Crippen LogP contribution in [0.1, 0.15) is 20.3 Å². The molecule has 0 aromatic rings. The summed E-state index contributed by atoms with van der Waals surface area (Å²) in [6.45, 7) is 5.36. The first kappa shape index (κ1) is 10.5. The van der Waals surface area contributed by atoms with Gasteiger partial charge in [0.15, 0.2) is 0 Å². The Kier molecular flexibility index (Phi) is 3.27. The fourth-order valence-electron chi connectivity index (χ4n) is 1.44. The van der Waals surface area contributed by atoms with E-state index in [9.17, 15) is 9.90 Å². The molecule has 1 fully saturated rings. The van der Waals surface area contributed by atoms with Gasteiger partial charge in [0.2, 0.25) is 5.91 Å². The summed E-state index contributed by atoms with van der Waals surface area (Å²) in [5.41, 5.74) is -0.706. The van der Waals surface area contributed by atoms with Crippen LogP contribution in [0.2, 0.25) is 0 Å². The summed E-state index contributed by atoms with van der Waals surface area (Å²) in [6.07, 6.45) is 0.658. The number of rotatable bonds is 3. The van der Waals surface area contributed by atoms with Gasteiger partial charge in [0.25, 0.3) is 0 Å². The van der Waals surface area contributed by atoms with Crippen molar-refractivity contribution in [2.75, 3.05) is 26.3 Å². The van der Waals surface area contributed by atoms with Crippen LogP contribution in [0.25, 0.3) is 0 Å². The molecule has 76 valence electrons. The van der Waals surface area contributed by atoms with Crippen LogP contribution in [0, 0.1) is 0 Å². The fraction of sp³-hybridized carbons (Fsp3) is 0.889. The van der Waals surface area contributed by atoms with Crippen molar-refractivity contribution in [1.82, 2.24) is 4.90 Å². The van der Waals surface area contributed by atoms with Gasteiger partial charge >= 0.3 is 0 Å². The second kappa shape index (κ2) is 4.07. The predicted octanol–water partition coefficient (Wildman–Crippen LogP) is 0.00620. The Balaban J connectivity index is 2.33. The molecule has 1 rings (SSSR count). The number of carbonyl (C=O) groups excluding carboxylic acids is 1. The molecule has 0 saturated carbocycles. The van der Waals surface area contributed by atoms with Crippen LogP contribution in [0.15, 0.2) is 0 Å². The van der Waals surface area contributed by atoms with Crippen molar-refractivity contribution < 1.29 is 14.6 Å². The summed E-state index contributed by atoms with van der Waals surface area (Å²) in [4.78, 5) is 13.0. The highest BCUT2D eigenvalue weighted by molar-refractivity contribution is 5.77. The zero-order valence-corrected chi connectivity index (χ0v) is 8.25. The molecule has 0 radical (unpaired) electrons. The van der Waals surface area contributed by atoms with Gasteiger partial charge in [-0.2, -0.15) is 0 Å². The molecule has 1 aliphatic heterocycles. The second-order valence-corrected chi connectivity index (χ2v) is 3.70. The molecular weight excluding hydrogens is 170 g/mol. The number of aliphatic hydroxyl groups is 1. The van der Waals surface area contributed by atoms with Crippen molar-refractivity contribution in [3.05, 3.63) is 0 Å². The van der Waals surface area contributed by atoms with Gasteiger partial charge in [-0.15, -0.1) is 0 Å². The lowest BCUT2D eigenvalue weighted by Crippen LogP contribution is -2.36. The minimum Gasteiger partial charge on any atom is -0.388 e. The number of likely N-dealkylation sites (tertiary alicyclic amines) is 1. The molecule has 0 aromatic heterocycles. The molecule has 1 N–H and O–H groups in total. The SMILES string of the molecule is CCOCC(=O)N1CCC(C)(O)C1. The van der Waals surface area contributed by atoms with Crippen molar-refractivity contribution in [2.24, 2.45) is 0 Å². The Morgan fingerprint density at radius 3 is 2.85 bits per heavy atom. The second-order valence-electron chi connectivity index (χ2n) is 3.70. The first-order valence-corrected chi connectivity index (χ1v) is 4.63. The van der Waals surface area contributed by atoms with Crippen LogP contribution in [-0.4, -0.2) is 47.8 Å². The van der Waals surface area contributed by atoms with Gasteiger partial charge in [-0.3, -0.25) is 4.79 Å². The number of amides is 1. The summed E-state index contributed by atoms with van der Waals surface area (Å²) >= 11 is 0. The normalized spacial score (nSPS) is 28.1. The third-order valence-electron chi connectivity index (χ3n) is 2.23. The van der Waals surface area contributed by atoms with Gasteiger partial charge in [0.1, 0.15) is 6.61 Å². The summed E-state index contributed by atoms with van der Waals surface area (Å²) in [7, 11) is 0. The molecule has 13 heavy (non-hydrogen) atoms. The summed E-state index contributed by atoms with van der Waals surface area (Å²) in [5.74, 6) is -0.0281. The van der Waals surface area contributed by atoms with Gasteiger partial charge < -0.3 is 14.7 Å². The number of nitrogens with zero attached hydrogens (tertiary/aromatic N) is 1. The van der Waals surface area contributed by atoms with Crippen molar-refractivity contribution in [3.8, 4) is 0 Å². The van der Waals surface area contributed by atoms with Crippen LogP contribution in [-0.2, 0) is 9.53 Å². The standard InChI is InChI=1S/C9H17NO3/c1-3-13-6-8(11)10-5-4-9(2,12)7-10/h12H,3-7H2,1-2H3. The van der Waals surface area contributed by atoms with Crippen molar-refractivity contribution >= 4 is 5.91 Å². The average Bonchev–Trinajstić information content (AvgIpc) is 2.42. The largest absolute Gasteiger partial charge is 0.388 e. The van der Waals surface area contributed by atoms with E-state index in [1.165, 1.54) is 0 Å². The maximum absolute atomic E-state index is 11.4. The molecular formula is C9H17NO3. The third-order valence-corrected chi connectivity index (χ3v) is 2.23. The number of carbonyl (C=O) groups is 1. The van der Waals surface area contributed by atoms with E-state index in [2.05, 4.69) is 0 Å². The molecule has 1 aliphatic rings. The molecule has 0 aliphatic carbocycles. The molecule has 1 heterocycles. The number of hydrogen-bond donors (Lipinski definition) is 1. The lowest BCUT2D eigenvalue weighted by molar-refractivity contribution is -0.135. The Hall–Kier alpha value is -0.610. The van der Waals surface area contributed by atoms with Gasteiger partial charge in [-0.05, 0) is 20.3 Å². The Morgan fingerprint density at radius 2 is 2.38 bits per heavy atom. The van der Waals surface area contributed by atoms with Crippen LogP contribution in [0.3, 0.4) is 0 Å². The molecule has 1 saturated heterocycles. The lowest BCUT2D eigenvalue weighted by atomic mass is 10.1. The van der Waals surface area contributed by atoms with E-state index < -0.39 is 5.60 Å². The van der Waals surface area contributed by atoms with Gasteiger partial charge in [-0.1, -0.05) is 0 Å². The third kappa shape index (κ3) is 2.97. The smallest absolute Gasteiger partial charge is 0.248 e. The quantitative estimate of drug-likeness (QED) is 0.677. The Labute approximate surface area is 78.5 Å². The van der Waals surface area contributed by atoms with E-state index in [-0.39, 0.29) is 12.5 Å². The van der Waals surface area contributed by atoms with Crippen LogP contribution < -0.4 is 0 Å². The molecule has 1 unspecified atom stereocenters. The number of hydrogen-bond acceptors (Lipinski definition) is 3. The summed E-state index contributed by atoms with van der Waals surface area (Å²) < 4.78 is 5.00. The highest BCUT2D eigenvalue weighted by atomic mass is 16.5. The summed E-state index contributed by atoms with van der Waals surface area (Å²) in [5, 5.41) is 9.60. The predicted molar refractivity (Wildman–Crippen MR) is 48.3 cm³/mol.